The summed E-state index contributed by atoms with van der Waals surface area (Å²) >= 11 is 0. The van der Waals surface area contributed by atoms with Gasteiger partial charge >= 0.3 is 0 Å². The molecule has 3 heteroatoms. The predicted molar refractivity (Wildman–Crippen MR) is 53.8 cm³/mol. The highest BCUT2D eigenvalue weighted by atomic mass is 15.0. The fourth-order valence-electron chi connectivity index (χ4n) is 1.41. The van der Waals surface area contributed by atoms with E-state index in [-0.39, 0.29) is 0 Å². The third kappa shape index (κ3) is 1.33. The Labute approximate surface area is 76.8 Å². The van der Waals surface area contributed by atoms with Crippen LogP contribution in [0.5, 0.6) is 0 Å². The van der Waals surface area contributed by atoms with E-state index in [2.05, 4.69) is 21.4 Å². The topological polar surface area (TPSA) is 37.8 Å². The SMILES string of the molecule is CNc1nc(C)cc2ccncc12. The number of aromatic nitrogens is 2. The fourth-order valence-corrected chi connectivity index (χ4v) is 1.41. The highest BCUT2D eigenvalue weighted by Gasteiger charge is 2.01. The number of fused-ring (bicyclic) bond motifs is 1. The zero-order chi connectivity index (χ0) is 9.26. The van der Waals surface area contributed by atoms with Gasteiger partial charge in [0, 0.05) is 30.5 Å². The molecule has 0 amide bonds. The zero-order valence-electron chi connectivity index (χ0n) is 7.70. The summed E-state index contributed by atoms with van der Waals surface area (Å²) in [6.07, 6.45) is 3.62. The van der Waals surface area contributed by atoms with E-state index in [4.69, 9.17) is 0 Å². The molecule has 0 fully saturated rings. The molecule has 0 aliphatic rings. The molecule has 0 spiro atoms. The van der Waals surface area contributed by atoms with Gasteiger partial charge in [-0.05, 0) is 24.4 Å². The maximum atomic E-state index is 4.37. The Morgan fingerprint density at radius 1 is 1.38 bits per heavy atom. The lowest BCUT2D eigenvalue weighted by atomic mass is 10.2. The predicted octanol–water partition coefficient (Wildman–Crippen LogP) is 1.98. The van der Waals surface area contributed by atoms with Gasteiger partial charge in [0.2, 0.25) is 0 Å². The molecule has 0 aromatic carbocycles. The molecule has 0 bridgehead atoms. The van der Waals surface area contributed by atoms with Gasteiger partial charge < -0.3 is 5.32 Å². The number of aryl methyl sites for hydroxylation is 1. The van der Waals surface area contributed by atoms with Crippen LogP contribution in [0.3, 0.4) is 0 Å². The lowest BCUT2D eigenvalue weighted by Crippen LogP contribution is -1.95. The summed E-state index contributed by atoms with van der Waals surface area (Å²) in [6.45, 7) is 1.99. The van der Waals surface area contributed by atoms with Crippen molar-refractivity contribution >= 4 is 16.6 Å². The lowest BCUT2D eigenvalue weighted by Gasteiger charge is -2.05. The minimum absolute atomic E-state index is 0.892. The number of anilines is 1. The standard InChI is InChI=1S/C10H11N3/c1-7-5-8-3-4-12-6-9(8)10(11-2)13-7/h3-6H,1-2H3,(H,11,13). The molecule has 3 nitrogen and oxygen atoms in total. The van der Waals surface area contributed by atoms with Crippen LogP contribution in [0, 0.1) is 6.92 Å². The van der Waals surface area contributed by atoms with Gasteiger partial charge in [-0.1, -0.05) is 0 Å². The first-order chi connectivity index (χ1) is 6.31. The molecule has 0 unspecified atom stereocenters. The van der Waals surface area contributed by atoms with Crippen molar-refractivity contribution in [1.29, 1.82) is 0 Å². The Balaban J connectivity index is 2.81. The van der Waals surface area contributed by atoms with Crippen molar-refractivity contribution in [2.45, 2.75) is 6.92 Å². The zero-order valence-corrected chi connectivity index (χ0v) is 7.70. The quantitative estimate of drug-likeness (QED) is 0.716. The van der Waals surface area contributed by atoms with Gasteiger partial charge in [0.05, 0.1) is 0 Å². The van der Waals surface area contributed by atoms with E-state index in [1.54, 1.807) is 6.20 Å². The number of hydrogen-bond donors (Lipinski definition) is 1. The lowest BCUT2D eigenvalue weighted by molar-refractivity contribution is 1.20. The maximum Gasteiger partial charge on any atom is 0.135 e. The molecule has 0 saturated heterocycles. The molecule has 0 aliphatic heterocycles. The molecule has 0 atom stereocenters. The third-order valence-corrected chi connectivity index (χ3v) is 2.00. The summed E-state index contributed by atoms with van der Waals surface area (Å²) in [6, 6.07) is 4.04. The summed E-state index contributed by atoms with van der Waals surface area (Å²) in [7, 11) is 1.87. The van der Waals surface area contributed by atoms with Crippen LogP contribution < -0.4 is 5.32 Å². The average Bonchev–Trinajstić information content (AvgIpc) is 2.16. The van der Waals surface area contributed by atoms with Gasteiger partial charge in [-0.15, -0.1) is 0 Å². The normalized spacial score (nSPS) is 10.3. The third-order valence-electron chi connectivity index (χ3n) is 2.00. The molecule has 13 heavy (non-hydrogen) atoms. The number of hydrogen-bond acceptors (Lipinski definition) is 3. The van der Waals surface area contributed by atoms with Crippen molar-refractivity contribution < 1.29 is 0 Å². The molecular weight excluding hydrogens is 162 g/mol. The van der Waals surface area contributed by atoms with E-state index in [1.165, 1.54) is 5.39 Å². The summed E-state index contributed by atoms with van der Waals surface area (Å²) < 4.78 is 0. The van der Waals surface area contributed by atoms with Gasteiger partial charge in [0.25, 0.3) is 0 Å². The van der Waals surface area contributed by atoms with Crippen LogP contribution in [0.25, 0.3) is 10.8 Å². The van der Waals surface area contributed by atoms with Crippen molar-refractivity contribution in [3.8, 4) is 0 Å². The summed E-state index contributed by atoms with van der Waals surface area (Å²) in [5, 5.41) is 5.30. The molecule has 66 valence electrons. The molecule has 0 aliphatic carbocycles. The minimum atomic E-state index is 0.892. The smallest absolute Gasteiger partial charge is 0.135 e. The first kappa shape index (κ1) is 7.98. The van der Waals surface area contributed by atoms with Gasteiger partial charge in [0.1, 0.15) is 5.82 Å². The second-order valence-electron chi connectivity index (χ2n) is 2.96. The first-order valence-corrected chi connectivity index (χ1v) is 4.20. The van der Waals surface area contributed by atoms with Gasteiger partial charge in [0.15, 0.2) is 0 Å². The average molecular weight is 173 g/mol. The number of rotatable bonds is 1. The molecular formula is C10H11N3. The highest BCUT2D eigenvalue weighted by Crippen LogP contribution is 2.20. The second kappa shape index (κ2) is 3.01. The van der Waals surface area contributed by atoms with E-state index < -0.39 is 0 Å². The molecule has 0 radical (unpaired) electrons. The Kier molecular flexibility index (Phi) is 1.85. The highest BCUT2D eigenvalue weighted by molar-refractivity contribution is 5.91. The number of pyridine rings is 2. The summed E-state index contributed by atoms with van der Waals surface area (Å²) in [5.74, 6) is 0.892. The number of nitrogens with zero attached hydrogens (tertiary/aromatic N) is 2. The van der Waals surface area contributed by atoms with E-state index in [0.717, 1.165) is 16.9 Å². The molecule has 1 N–H and O–H groups in total. The molecule has 0 saturated carbocycles. The van der Waals surface area contributed by atoms with Crippen LogP contribution in [0.15, 0.2) is 24.5 Å². The van der Waals surface area contributed by atoms with Crippen LogP contribution in [0.2, 0.25) is 0 Å². The largest absolute Gasteiger partial charge is 0.373 e. The molecule has 2 rings (SSSR count). The Morgan fingerprint density at radius 2 is 2.23 bits per heavy atom. The van der Waals surface area contributed by atoms with E-state index >= 15 is 0 Å². The Bertz CT molecular complexity index is 437. The van der Waals surface area contributed by atoms with E-state index in [0.29, 0.717) is 0 Å². The van der Waals surface area contributed by atoms with Crippen LogP contribution in [0.4, 0.5) is 5.82 Å². The Hall–Kier alpha value is -1.64. The maximum absolute atomic E-state index is 4.37. The van der Waals surface area contributed by atoms with Gasteiger partial charge in [-0.2, -0.15) is 0 Å². The first-order valence-electron chi connectivity index (χ1n) is 4.20. The molecule has 2 aromatic rings. The second-order valence-corrected chi connectivity index (χ2v) is 2.96. The van der Waals surface area contributed by atoms with Crippen molar-refractivity contribution in [3.05, 3.63) is 30.2 Å². The van der Waals surface area contributed by atoms with Crippen LogP contribution >= 0.6 is 0 Å². The van der Waals surface area contributed by atoms with Crippen molar-refractivity contribution in [2.75, 3.05) is 12.4 Å². The molecule has 2 aromatic heterocycles. The summed E-state index contributed by atoms with van der Waals surface area (Å²) in [5.41, 5.74) is 1.02. The van der Waals surface area contributed by atoms with E-state index in [1.807, 2.05) is 26.2 Å². The van der Waals surface area contributed by atoms with E-state index in [9.17, 15) is 0 Å². The number of nitrogens with one attached hydrogen (secondary N) is 1. The Morgan fingerprint density at radius 3 is 3.00 bits per heavy atom. The van der Waals surface area contributed by atoms with Crippen molar-refractivity contribution in [3.63, 3.8) is 0 Å². The monoisotopic (exact) mass is 173 g/mol. The summed E-state index contributed by atoms with van der Waals surface area (Å²) in [4.78, 5) is 8.44. The van der Waals surface area contributed by atoms with Gasteiger partial charge in [-0.3, -0.25) is 4.98 Å². The van der Waals surface area contributed by atoms with Crippen LogP contribution in [-0.2, 0) is 0 Å². The van der Waals surface area contributed by atoms with Crippen LogP contribution in [0.1, 0.15) is 5.69 Å². The molecule has 2 heterocycles. The van der Waals surface area contributed by atoms with Gasteiger partial charge in [-0.25, -0.2) is 4.98 Å². The van der Waals surface area contributed by atoms with Crippen molar-refractivity contribution in [1.82, 2.24) is 9.97 Å². The minimum Gasteiger partial charge on any atom is -0.373 e. The fraction of sp³-hybridized carbons (Fsp3) is 0.200. The van der Waals surface area contributed by atoms with Crippen LogP contribution in [-0.4, -0.2) is 17.0 Å². The van der Waals surface area contributed by atoms with Crippen molar-refractivity contribution in [2.24, 2.45) is 0 Å².